The maximum absolute atomic E-state index is 4.04. The van der Waals surface area contributed by atoms with Crippen molar-refractivity contribution in [2.75, 3.05) is 4.90 Å². The molecule has 5 unspecified atom stereocenters. The Morgan fingerprint density at radius 2 is 1.25 bits per heavy atom. The van der Waals surface area contributed by atoms with Crippen LogP contribution < -0.4 is 4.90 Å². The summed E-state index contributed by atoms with van der Waals surface area (Å²) in [5, 5.41) is 0. The van der Waals surface area contributed by atoms with Gasteiger partial charge in [-0.15, -0.1) is 0 Å². The van der Waals surface area contributed by atoms with Crippen molar-refractivity contribution in [3.63, 3.8) is 0 Å². The fourth-order valence-corrected chi connectivity index (χ4v) is 11.2. The molecule has 6 aromatic rings. The molecule has 5 aliphatic carbocycles. The number of rotatable bonds is 8. The van der Waals surface area contributed by atoms with Crippen molar-refractivity contribution < 1.29 is 0 Å². The normalized spacial score (nSPS) is 23.4. The lowest BCUT2D eigenvalue weighted by molar-refractivity contribution is 0.191. The molecule has 0 saturated heterocycles. The van der Waals surface area contributed by atoms with Crippen LogP contribution in [0, 0.1) is 23.7 Å². The van der Waals surface area contributed by atoms with E-state index in [2.05, 4.69) is 164 Å². The summed E-state index contributed by atoms with van der Waals surface area (Å²) in [7, 11) is 0. The van der Waals surface area contributed by atoms with E-state index in [4.69, 9.17) is 0 Å². The number of fused-ring (bicyclic) bond motifs is 3. The standard InChI is InChI=1S/C51H43N/c1-3-12-35(4-2)37-21-25-42(26-22-37)52(43-27-23-38(24-28-43)36-13-6-5-7-14-36)44-16-10-15-39(33-44)45-18-11-20-48-50(45)46-17-8-9-19-47(46)51(48)41-30-34-29-40(32-41)49(51)31-34/h3-28,33-34,40-41,49H,1-2,29-32H2/b35-12+. The van der Waals surface area contributed by atoms with E-state index < -0.39 is 0 Å². The van der Waals surface area contributed by atoms with Crippen LogP contribution in [0.25, 0.3) is 39.0 Å². The Kier molecular flexibility index (Phi) is 7.32. The highest BCUT2D eigenvalue weighted by Crippen LogP contribution is 2.73. The summed E-state index contributed by atoms with van der Waals surface area (Å²) in [6, 6.07) is 54.3. The highest BCUT2D eigenvalue weighted by atomic mass is 15.1. The average molecular weight is 670 g/mol. The molecule has 0 N–H and O–H groups in total. The lowest BCUT2D eigenvalue weighted by Gasteiger charge is -2.43. The second-order valence-corrected chi connectivity index (χ2v) is 15.4. The molecular formula is C51H43N. The number of nitrogens with zero attached hydrogens (tertiary/aromatic N) is 1. The Morgan fingerprint density at radius 3 is 2.02 bits per heavy atom. The van der Waals surface area contributed by atoms with E-state index in [0.29, 0.717) is 0 Å². The molecule has 4 fully saturated rings. The number of anilines is 3. The third-order valence-corrected chi connectivity index (χ3v) is 13.0. The Bertz CT molecular complexity index is 2360. The SMILES string of the molecule is C=C/C=C(\C=C)c1ccc(N(c2ccc(-c3ccccc3)cc2)c2cccc(-c3cccc4c3-c3ccccc3C43C4CC5CC(C4)C3C5)c2)cc1. The molecule has 6 aromatic carbocycles. The van der Waals surface area contributed by atoms with E-state index in [9.17, 15) is 0 Å². The summed E-state index contributed by atoms with van der Waals surface area (Å²) in [6.45, 7) is 7.94. The van der Waals surface area contributed by atoms with Crippen LogP contribution in [0.1, 0.15) is 42.4 Å². The summed E-state index contributed by atoms with van der Waals surface area (Å²) in [6.07, 6.45) is 11.4. The van der Waals surface area contributed by atoms with Gasteiger partial charge in [-0.3, -0.25) is 0 Å². The first-order valence-corrected chi connectivity index (χ1v) is 19.0. The van der Waals surface area contributed by atoms with Crippen molar-refractivity contribution >= 4 is 22.6 Å². The van der Waals surface area contributed by atoms with E-state index in [-0.39, 0.29) is 5.41 Å². The van der Waals surface area contributed by atoms with Gasteiger partial charge in [0.25, 0.3) is 0 Å². The van der Waals surface area contributed by atoms with Gasteiger partial charge in [-0.2, -0.15) is 0 Å². The molecule has 0 aromatic heterocycles. The van der Waals surface area contributed by atoms with Crippen molar-refractivity contribution in [2.24, 2.45) is 23.7 Å². The number of hydrogen-bond acceptors (Lipinski definition) is 1. The van der Waals surface area contributed by atoms with Gasteiger partial charge in [0.2, 0.25) is 0 Å². The van der Waals surface area contributed by atoms with Gasteiger partial charge in [-0.25, -0.2) is 0 Å². The van der Waals surface area contributed by atoms with E-state index in [1.807, 2.05) is 18.2 Å². The summed E-state index contributed by atoms with van der Waals surface area (Å²) in [5.74, 6) is 3.37. The lowest BCUT2D eigenvalue weighted by atomic mass is 9.59. The zero-order valence-corrected chi connectivity index (χ0v) is 29.6. The fourth-order valence-electron chi connectivity index (χ4n) is 11.2. The fraction of sp³-hybridized carbons (Fsp3) is 0.176. The average Bonchev–Trinajstić information content (AvgIpc) is 3.75. The van der Waals surface area contributed by atoms with Crippen molar-refractivity contribution in [1.29, 1.82) is 0 Å². The molecule has 52 heavy (non-hydrogen) atoms. The van der Waals surface area contributed by atoms with Gasteiger partial charge in [-0.05, 0) is 141 Å². The quantitative estimate of drug-likeness (QED) is 0.146. The molecule has 0 amide bonds. The number of allylic oxidation sites excluding steroid dienone is 4. The van der Waals surface area contributed by atoms with Crippen molar-refractivity contribution in [1.82, 2.24) is 0 Å². The molecule has 11 rings (SSSR count). The maximum atomic E-state index is 4.04. The molecule has 252 valence electrons. The molecule has 4 saturated carbocycles. The van der Waals surface area contributed by atoms with Crippen molar-refractivity contribution in [3.8, 4) is 33.4 Å². The third-order valence-electron chi connectivity index (χ3n) is 13.0. The van der Waals surface area contributed by atoms with Crippen molar-refractivity contribution in [3.05, 3.63) is 194 Å². The topological polar surface area (TPSA) is 3.24 Å². The van der Waals surface area contributed by atoms with Crippen LogP contribution in [0.4, 0.5) is 17.1 Å². The summed E-state index contributed by atoms with van der Waals surface area (Å²) in [5.41, 5.74) is 16.9. The Balaban J connectivity index is 1.11. The molecule has 5 atom stereocenters. The molecule has 1 spiro atoms. The third kappa shape index (κ3) is 4.61. The number of benzene rings is 6. The Labute approximate surface area is 308 Å². The van der Waals surface area contributed by atoms with Crippen LogP contribution in [0.3, 0.4) is 0 Å². The Hall–Kier alpha value is -5.66. The predicted molar refractivity (Wildman–Crippen MR) is 219 cm³/mol. The zero-order chi connectivity index (χ0) is 34.8. The smallest absolute Gasteiger partial charge is 0.0467 e. The molecule has 0 aliphatic heterocycles. The second-order valence-electron chi connectivity index (χ2n) is 15.4. The first kappa shape index (κ1) is 31.1. The minimum Gasteiger partial charge on any atom is -0.310 e. The largest absolute Gasteiger partial charge is 0.310 e. The molecule has 1 heteroatoms. The molecule has 1 nitrogen and oxygen atoms in total. The van der Waals surface area contributed by atoms with Gasteiger partial charge >= 0.3 is 0 Å². The van der Waals surface area contributed by atoms with Gasteiger partial charge in [0.05, 0.1) is 0 Å². The van der Waals surface area contributed by atoms with Gasteiger partial charge < -0.3 is 4.90 Å². The van der Waals surface area contributed by atoms with E-state index >= 15 is 0 Å². The monoisotopic (exact) mass is 669 g/mol. The van der Waals surface area contributed by atoms with Crippen LogP contribution in [0.15, 0.2) is 177 Å². The lowest BCUT2D eigenvalue weighted by Crippen LogP contribution is -2.40. The summed E-state index contributed by atoms with van der Waals surface area (Å²) in [4.78, 5) is 2.39. The van der Waals surface area contributed by atoms with Crippen LogP contribution in [-0.4, -0.2) is 0 Å². The van der Waals surface area contributed by atoms with E-state index in [1.165, 1.54) is 59.1 Å². The van der Waals surface area contributed by atoms with Crippen LogP contribution in [0.5, 0.6) is 0 Å². The summed E-state index contributed by atoms with van der Waals surface area (Å²) >= 11 is 0. The summed E-state index contributed by atoms with van der Waals surface area (Å²) < 4.78 is 0. The maximum Gasteiger partial charge on any atom is 0.0467 e. The molecule has 0 radical (unpaired) electrons. The van der Waals surface area contributed by atoms with Gasteiger partial charge in [0, 0.05) is 22.5 Å². The van der Waals surface area contributed by atoms with Gasteiger partial charge in [0.15, 0.2) is 0 Å². The first-order chi connectivity index (χ1) is 25.7. The number of hydrogen-bond donors (Lipinski definition) is 0. The van der Waals surface area contributed by atoms with Crippen molar-refractivity contribution in [2.45, 2.75) is 31.1 Å². The molecule has 5 aliphatic rings. The first-order valence-electron chi connectivity index (χ1n) is 19.0. The highest BCUT2D eigenvalue weighted by Gasteiger charge is 2.66. The van der Waals surface area contributed by atoms with Gasteiger partial charge in [-0.1, -0.05) is 141 Å². The molecule has 0 heterocycles. The zero-order valence-electron chi connectivity index (χ0n) is 29.6. The highest BCUT2D eigenvalue weighted by molar-refractivity contribution is 5.94. The minimum absolute atomic E-state index is 0.176. The van der Waals surface area contributed by atoms with Crippen LogP contribution in [-0.2, 0) is 5.41 Å². The Morgan fingerprint density at radius 1 is 0.577 bits per heavy atom. The van der Waals surface area contributed by atoms with E-state index in [1.54, 1.807) is 11.1 Å². The van der Waals surface area contributed by atoms with E-state index in [0.717, 1.165) is 51.9 Å². The van der Waals surface area contributed by atoms with Crippen LogP contribution in [0.2, 0.25) is 0 Å². The molecule has 4 bridgehead atoms. The minimum atomic E-state index is 0.176. The predicted octanol–water partition coefficient (Wildman–Crippen LogP) is 13.6. The van der Waals surface area contributed by atoms with Crippen LogP contribution >= 0.6 is 0 Å². The van der Waals surface area contributed by atoms with Gasteiger partial charge in [0.1, 0.15) is 0 Å². The second kappa shape index (κ2) is 12.2. The molecular weight excluding hydrogens is 627 g/mol.